The molecule has 1 heterocycles. The van der Waals surface area contributed by atoms with Gasteiger partial charge in [-0.05, 0) is 63.6 Å². The zero-order chi connectivity index (χ0) is 21.0. The number of rotatable bonds is 8. The van der Waals surface area contributed by atoms with Gasteiger partial charge in [0.25, 0.3) is 5.91 Å². The predicted octanol–water partition coefficient (Wildman–Crippen LogP) is 2.58. The Morgan fingerprint density at radius 2 is 1.93 bits per heavy atom. The molecule has 3 rings (SSSR count). The van der Waals surface area contributed by atoms with Crippen LogP contribution in [0.25, 0.3) is 0 Å². The lowest BCUT2D eigenvalue weighted by Gasteiger charge is -2.30. The maximum Gasteiger partial charge on any atom is 0.251 e. The van der Waals surface area contributed by atoms with Crippen molar-refractivity contribution in [2.24, 2.45) is 5.92 Å². The third-order valence-corrected chi connectivity index (χ3v) is 5.60. The summed E-state index contributed by atoms with van der Waals surface area (Å²) in [4.78, 5) is 27.1. The first kappa shape index (κ1) is 21.3. The van der Waals surface area contributed by atoms with Gasteiger partial charge < -0.3 is 10.6 Å². The molecule has 1 aromatic carbocycles. The highest BCUT2D eigenvalue weighted by Gasteiger charge is 2.38. The van der Waals surface area contributed by atoms with Crippen LogP contribution in [0.5, 0.6) is 0 Å². The summed E-state index contributed by atoms with van der Waals surface area (Å²) in [5.74, 6) is -0.224. The Bertz CT molecular complexity index is 800. The van der Waals surface area contributed by atoms with Gasteiger partial charge in [-0.1, -0.05) is 0 Å². The lowest BCUT2D eigenvalue weighted by atomic mass is 10.1. The molecule has 29 heavy (non-hydrogen) atoms. The summed E-state index contributed by atoms with van der Waals surface area (Å²) in [6.45, 7) is 5.32. The first-order valence-electron chi connectivity index (χ1n) is 10.4. The molecule has 0 unspecified atom stereocenters. The molecule has 156 valence electrons. The number of amides is 2. The van der Waals surface area contributed by atoms with E-state index in [9.17, 15) is 14.0 Å². The number of hydrogen-bond acceptors (Lipinski definition) is 4. The highest BCUT2D eigenvalue weighted by atomic mass is 19.1. The third kappa shape index (κ3) is 6.01. The van der Waals surface area contributed by atoms with Crippen molar-refractivity contribution in [1.29, 1.82) is 5.26 Å². The van der Waals surface area contributed by atoms with Gasteiger partial charge in [-0.15, -0.1) is 0 Å². The summed E-state index contributed by atoms with van der Waals surface area (Å²) >= 11 is 0. The zero-order valence-corrected chi connectivity index (χ0v) is 17.1. The molecule has 0 spiro atoms. The highest BCUT2D eigenvalue weighted by Crippen LogP contribution is 2.35. The smallest absolute Gasteiger partial charge is 0.251 e. The van der Waals surface area contributed by atoms with Crippen LogP contribution in [-0.2, 0) is 4.79 Å². The van der Waals surface area contributed by atoms with Crippen LogP contribution in [0.4, 0.5) is 4.39 Å². The molecule has 6 nitrogen and oxygen atoms in total. The summed E-state index contributed by atoms with van der Waals surface area (Å²) < 4.78 is 13.6. The summed E-state index contributed by atoms with van der Waals surface area (Å²) in [5.41, 5.74) is 0.281. The minimum atomic E-state index is -0.596. The Balaban J connectivity index is 1.60. The fourth-order valence-electron chi connectivity index (χ4n) is 4.04. The lowest BCUT2D eigenvalue weighted by molar-refractivity contribution is -0.122. The first-order valence-corrected chi connectivity index (χ1v) is 10.4. The van der Waals surface area contributed by atoms with Crippen LogP contribution in [0, 0.1) is 23.1 Å². The Morgan fingerprint density at radius 1 is 1.21 bits per heavy atom. The second-order valence-electron chi connectivity index (χ2n) is 8.50. The second kappa shape index (κ2) is 9.36. The molecule has 2 amide bonds. The first-order chi connectivity index (χ1) is 13.9. The van der Waals surface area contributed by atoms with Gasteiger partial charge in [0.1, 0.15) is 5.82 Å². The Kier molecular flexibility index (Phi) is 6.86. The largest absolute Gasteiger partial charge is 0.354 e. The fraction of sp³-hybridized carbons (Fsp3) is 0.591. The lowest BCUT2D eigenvalue weighted by Crippen LogP contribution is -2.46. The van der Waals surface area contributed by atoms with E-state index in [4.69, 9.17) is 5.26 Å². The number of carbonyl (C=O) groups is 2. The van der Waals surface area contributed by atoms with Gasteiger partial charge in [-0.25, -0.2) is 4.39 Å². The molecule has 0 bridgehead atoms. The molecule has 2 aliphatic rings. The van der Waals surface area contributed by atoms with Crippen LogP contribution in [0.1, 0.15) is 61.9 Å². The van der Waals surface area contributed by atoms with Crippen LogP contribution in [-0.4, -0.2) is 47.9 Å². The topological polar surface area (TPSA) is 85.2 Å². The summed E-state index contributed by atoms with van der Waals surface area (Å²) in [6, 6.07) is 6.00. The Labute approximate surface area is 171 Å². The van der Waals surface area contributed by atoms with Gasteiger partial charge in [-0.3, -0.25) is 14.5 Å². The number of nitrogens with one attached hydrogen (secondary N) is 2. The zero-order valence-electron chi connectivity index (χ0n) is 17.1. The Hall–Kier alpha value is -2.46. The molecular weight excluding hydrogens is 371 g/mol. The molecule has 1 aromatic rings. The van der Waals surface area contributed by atoms with Crippen LogP contribution in [0.15, 0.2) is 18.2 Å². The van der Waals surface area contributed by atoms with Crippen molar-refractivity contribution in [3.05, 3.63) is 35.1 Å². The fourth-order valence-corrected chi connectivity index (χ4v) is 4.04. The molecule has 1 aliphatic carbocycles. The van der Waals surface area contributed by atoms with Gasteiger partial charge in [0.15, 0.2) is 0 Å². The Morgan fingerprint density at radius 3 is 2.59 bits per heavy atom. The van der Waals surface area contributed by atoms with E-state index in [-0.39, 0.29) is 41.1 Å². The van der Waals surface area contributed by atoms with E-state index in [0.29, 0.717) is 18.9 Å². The molecule has 2 atom stereocenters. The number of likely N-dealkylation sites (tertiary alicyclic amines) is 1. The van der Waals surface area contributed by atoms with E-state index < -0.39 is 5.82 Å². The molecule has 2 N–H and O–H groups in total. The van der Waals surface area contributed by atoms with Gasteiger partial charge in [0.05, 0.1) is 11.6 Å². The normalized spacial score (nSPS) is 21.8. The van der Waals surface area contributed by atoms with Gasteiger partial charge in [-0.2, -0.15) is 5.26 Å². The third-order valence-electron chi connectivity index (χ3n) is 5.60. The number of hydrogen-bond donors (Lipinski definition) is 2. The van der Waals surface area contributed by atoms with Crippen molar-refractivity contribution in [3.63, 3.8) is 0 Å². The minimum absolute atomic E-state index is 0.0688. The summed E-state index contributed by atoms with van der Waals surface area (Å²) in [6.07, 6.45) is 4.77. The van der Waals surface area contributed by atoms with Crippen LogP contribution >= 0.6 is 0 Å². The number of carbonyl (C=O) groups excluding carboxylic acids is 2. The molecule has 0 radical (unpaired) electrons. The number of benzene rings is 1. The van der Waals surface area contributed by atoms with Crippen molar-refractivity contribution in [3.8, 4) is 6.07 Å². The maximum atomic E-state index is 13.6. The predicted molar refractivity (Wildman–Crippen MR) is 108 cm³/mol. The van der Waals surface area contributed by atoms with E-state index in [1.807, 2.05) is 19.9 Å². The van der Waals surface area contributed by atoms with E-state index >= 15 is 0 Å². The van der Waals surface area contributed by atoms with Crippen molar-refractivity contribution < 1.29 is 14.0 Å². The van der Waals surface area contributed by atoms with Crippen molar-refractivity contribution in [2.75, 3.05) is 13.1 Å². The summed E-state index contributed by atoms with van der Waals surface area (Å²) in [7, 11) is 0. The number of nitrogens with zero attached hydrogens (tertiary/aromatic N) is 2. The molecular formula is C22H29FN4O2. The van der Waals surface area contributed by atoms with E-state index in [1.165, 1.54) is 18.9 Å². The van der Waals surface area contributed by atoms with Gasteiger partial charge >= 0.3 is 0 Å². The van der Waals surface area contributed by atoms with E-state index in [0.717, 1.165) is 31.5 Å². The SMILES string of the molecule is CC(C)NC(=O)C[C@H]1CC[C@@H](CNC(=O)c2cc(F)cc(C#N)c2)N1CC1CC1. The van der Waals surface area contributed by atoms with Gasteiger partial charge in [0, 0.05) is 43.2 Å². The number of nitriles is 1. The molecule has 1 aliphatic heterocycles. The average Bonchev–Trinajstić information content (AvgIpc) is 3.41. The van der Waals surface area contributed by atoms with Gasteiger partial charge in [0.2, 0.25) is 5.91 Å². The van der Waals surface area contributed by atoms with Crippen LogP contribution < -0.4 is 10.6 Å². The van der Waals surface area contributed by atoms with Crippen molar-refractivity contribution >= 4 is 11.8 Å². The monoisotopic (exact) mass is 400 g/mol. The molecule has 7 heteroatoms. The molecule has 1 saturated carbocycles. The van der Waals surface area contributed by atoms with Crippen molar-refractivity contribution in [1.82, 2.24) is 15.5 Å². The van der Waals surface area contributed by atoms with Crippen molar-refractivity contribution in [2.45, 2.75) is 64.1 Å². The molecule has 1 saturated heterocycles. The standard InChI is InChI=1S/C22H29FN4O2/c1-14(2)26-21(28)10-19-5-6-20(27(19)13-15-3-4-15)12-25-22(29)17-7-16(11-24)8-18(23)9-17/h7-9,14-15,19-20H,3-6,10,12-13H2,1-2H3,(H,25,29)(H,26,28)/t19-,20+/m1/s1. The van der Waals surface area contributed by atoms with Crippen LogP contribution in [0.3, 0.4) is 0 Å². The molecule has 2 fully saturated rings. The average molecular weight is 400 g/mol. The highest BCUT2D eigenvalue weighted by molar-refractivity contribution is 5.94. The summed E-state index contributed by atoms with van der Waals surface area (Å²) in [5, 5.41) is 14.8. The van der Waals surface area contributed by atoms with E-state index in [1.54, 1.807) is 0 Å². The quantitative estimate of drug-likeness (QED) is 0.702. The minimum Gasteiger partial charge on any atom is -0.354 e. The van der Waals surface area contributed by atoms with Crippen LogP contribution in [0.2, 0.25) is 0 Å². The second-order valence-corrected chi connectivity index (χ2v) is 8.50. The van der Waals surface area contributed by atoms with E-state index in [2.05, 4.69) is 15.5 Å². The maximum absolute atomic E-state index is 13.6. The number of halogens is 1. The molecule has 0 aromatic heterocycles.